The molecule has 0 aromatic heterocycles. The fourth-order valence-electron chi connectivity index (χ4n) is 3.63. The van der Waals surface area contributed by atoms with Crippen molar-refractivity contribution < 1.29 is 19.5 Å². The van der Waals surface area contributed by atoms with Crippen LogP contribution < -0.4 is 0 Å². The smallest absolute Gasteiger partial charge is 0.303 e. The van der Waals surface area contributed by atoms with Crippen molar-refractivity contribution in [3.8, 4) is 0 Å². The normalized spacial score (nSPS) is 20.4. The minimum atomic E-state index is -0.801. The molecule has 0 radical (unpaired) electrons. The van der Waals surface area contributed by atoms with E-state index in [-0.39, 0.29) is 30.6 Å². The van der Waals surface area contributed by atoms with E-state index >= 15 is 0 Å². The Balaban J connectivity index is 1.65. The van der Waals surface area contributed by atoms with Crippen LogP contribution in [0.3, 0.4) is 0 Å². The zero-order valence-corrected chi connectivity index (χ0v) is 15.3. The van der Waals surface area contributed by atoms with E-state index in [1.807, 2.05) is 30.3 Å². The van der Waals surface area contributed by atoms with Crippen molar-refractivity contribution in [2.45, 2.75) is 45.1 Å². The number of carbonyl (C=O) groups excluding carboxylic acids is 2. The average molecular weight is 371 g/mol. The van der Waals surface area contributed by atoms with E-state index in [0.717, 1.165) is 18.4 Å². The van der Waals surface area contributed by atoms with Gasteiger partial charge in [0, 0.05) is 32.4 Å². The van der Waals surface area contributed by atoms with Crippen LogP contribution in [0.15, 0.2) is 35.4 Å². The lowest BCUT2D eigenvalue weighted by Crippen LogP contribution is -2.45. The van der Waals surface area contributed by atoms with Crippen LogP contribution in [0.5, 0.6) is 0 Å². The summed E-state index contributed by atoms with van der Waals surface area (Å²) in [5.41, 5.74) is 1.39. The first-order chi connectivity index (χ1) is 13.0. The molecule has 1 aromatic carbocycles. The average Bonchev–Trinajstić information content (AvgIpc) is 2.68. The number of piperidine rings is 1. The van der Waals surface area contributed by atoms with Crippen LogP contribution in [-0.4, -0.2) is 51.6 Å². The molecule has 2 heterocycles. The Hall–Kier alpha value is -2.70. The summed E-state index contributed by atoms with van der Waals surface area (Å²) >= 11 is 0. The molecule has 1 fully saturated rings. The molecule has 1 aromatic rings. The second kappa shape index (κ2) is 8.79. The largest absolute Gasteiger partial charge is 0.481 e. The van der Waals surface area contributed by atoms with Gasteiger partial charge in [0.15, 0.2) is 0 Å². The van der Waals surface area contributed by atoms with Gasteiger partial charge in [-0.2, -0.15) is 5.10 Å². The molecule has 144 valence electrons. The maximum absolute atomic E-state index is 12.9. The van der Waals surface area contributed by atoms with Gasteiger partial charge in [0.1, 0.15) is 5.71 Å². The van der Waals surface area contributed by atoms with E-state index in [9.17, 15) is 14.4 Å². The van der Waals surface area contributed by atoms with Crippen LogP contribution in [0.2, 0.25) is 0 Å². The standard InChI is InChI=1S/C20H25N3O4/c24-18-10-9-17(21-23(18)14-15-5-2-1-3-6-15)20(27)22-12-4-7-16(13-22)8-11-19(25)26/h1-3,5-6,16H,4,7-14H2,(H,25,26). The van der Waals surface area contributed by atoms with Gasteiger partial charge in [-0.25, -0.2) is 5.01 Å². The van der Waals surface area contributed by atoms with Crippen LogP contribution in [0.25, 0.3) is 0 Å². The van der Waals surface area contributed by atoms with Gasteiger partial charge in [0.25, 0.3) is 5.91 Å². The zero-order chi connectivity index (χ0) is 19.2. The fraction of sp³-hybridized carbons (Fsp3) is 0.500. The van der Waals surface area contributed by atoms with Crippen LogP contribution >= 0.6 is 0 Å². The fourth-order valence-corrected chi connectivity index (χ4v) is 3.63. The van der Waals surface area contributed by atoms with Gasteiger partial charge in [-0.3, -0.25) is 14.4 Å². The SMILES string of the molecule is O=C(O)CCC1CCCN(C(=O)C2=NN(Cc3ccccc3)C(=O)CC2)C1. The highest BCUT2D eigenvalue weighted by atomic mass is 16.4. The zero-order valence-electron chi connectivity index (χ0n) is 15.3. The Kier molecular flexibility index (Phi) is 6.21. The molecule has 27 heavy (non-hydrogen) atoms. The maximum Gasteiger partial charge on any atom is 0.303 e. The van der Waals surface area contributed by atoms with Crippen molar-refractivity contribution >= 4 is 23.5 Å². The van der Waals surface area contributed by atoms with E-state index in [0.29, 0.717) is 38.2 Å². The summed E-state index contributed by atoms with van der Waals surface area (Å²) in [4.78, 5) is 37.6. The third kappa shape index (κ3) is 5.15. The van der Waals surface area contributed by atoms with Gasteiger partial charge in [0.2, 0.25) is 5.91 Å². The molecule has 2 aliphatic rings. The van der Waals surface area contributed by atoms with E-state index < -0.39 is 5.97 Å². The molecule has 0 saturated carbocycles. The molecule has 1 atom stereocenters. The number of hydrogen-bond acceptors (Lipinski definition) is 4. The molecule has 1 N–H and O–H groups in total. The molecule has 0 aliphatic carbocycles. The molecule has 7 nitrogen and oxygen atoms in total. The molecule has 0 spiro atoms. The van der Waals surface area contributed by atoms with Crippen molar-refractivity contribution in [3.63, 3.8) is 0 Å². The van der Waals surface area contributed by atoms with Crippen molar-refractivity contribution in [2.24, 2.45) is 11.0 Å². The highest BCUT2D eigenvalue weighted by Gasteiger charge is 2.30. The van der Waals surface area contributed by atoms with Crippen molar-refractivity contribution in [1.82, 2.24) is 9.91 Å². The Morgan fingerprint density at radius 2 is 1.96 bits per heavy atom. The number of carboxylic acids is 1. The Morgan fingerprint density at radius 3 is 2.70 bits per heavy atom. The van der Waals surface area contributed by atoms with Gasteiger partial charge in [-0.1, -0.05) is 30.3 Å². The topological polar surface area (TPSA) is 90.3 Å². The third-order valence-electron chi connectivity index (χ3n) is 5.10. The van der Waals surface area contributed by atoms with E-state index in [2.05, 4.69) is 5.10 Å². The van der Waals surface area contributed by atoms with Gasteiger partial charge in [-0.15, -0.1) is 0 Å². The van der Waals surface area contributed by atoms with Crippen molar-refractivity contribution in [2.75, 3.05) is 13.1 Å². The lowest BCUT2D eigenvalue weighted by molar-refractivity contribution is -0.137. The van der Waals surface area contributed by atoms with Crippen LogP contribution in [0, 0.1) is 5.92 Å². The lowest BCUT2D eigenvalue weighted by atomic mass is 9.93. The number of carboxylic acid groups (broad SMARTS) is 1. The second-order valence-electron chi connectivity index (χ2n) is 7.18. The predicted octanol–water partition coefficient (Wildman–Crippen LogP) is 2.27. The van der Waals surface area contributed by atoms with Crippen molar-refractivity contribution in [3.05, 3.63) is 35.9 Å². The Labute approximate surface area is 158 Å². The van der Waals surface area contributed by atoms with Crippen LogP contribution in [0.4, 0.5) is 0 Å². The number of benzene rings is 1. The van der Waals surface area contributed by atoms with Gasteiger partial charge in [-0.05, 0) is 30.7 Å². The molecular weight excluding hydrogens is 346 g/mol. The number of likely N-dealkylation sites (tertiary alicyclic amines) is 1. The van der Waals surface area contributed by atoms with Crippen LogP contribution in [0.1, 0.15) is 44.1 Å². The summed E-state index contributed by atoms with van der Waals surface area (Å²) in [5, 5.41) is 14.6. The monoisotopic (exact) mass is 371 g/mol. The Morgan fingerprint density at radius 1 is 1.19 bits per heavy atom. The predicted molar refractivity (Wildman–Crippen MR) is 99.8 cm³/mol. The Bertz CT molecular complexity index is 732. The maximum atomic E-state index is 12.9. The molecule has 7 heteroatoms. The highest BCUT2D eigenvalue weighted by Crippen LogP contribution is 2.22. The molecule has 1 saturated heterocycles. The summed E-state index contributed by atoms with van der Waals surface area (Å²) < 4.78 is 0. The quantitative estimate of drug-likeness (QED) is 0.830. The molecule has 0 bridgehead atoms. The summed E-state index contributed by atoms with van der Waals surface area (Å²) in [6.07, 6.45) is 3.18. The first-order valence-corrected chi connectivity index (χ1v) is 9.46. The van der Waals surface area contributed by atoms with Gasteiger partial charge >= 0.3 is 5.97 Å². The molecule has 1 unspecified atom stereocenters. The molecule has 2 aliphatic heterocycles. The van der Waals surface area contributed by atoms with E-state index in [4.69, 9.17) is 5.11 Å². The van der Waals surface area contributed by atoms with E-state index in [1.165, 1.54) is 5.01 Å². The number of hydrazone groups is 1. The minimum Gasteiger partial charge on any atom is -0.481 e. The van der Waals surface area contributed by atoms with Crippen LogP contribution in [-0.2, 0) is 20.9 Å². The summed E-state index contributed by atoms with van der Waals surface area (Å²) in [5.74, 6) is -0.788. The molecule has 3 rings (SSSR count). The third-order valence-corrected chi connectivity index (χ3v) is 5.10. The number of nitrogens with zero attached hydrogens (tertiary/aromatic N) is 3. The number of carbonyl (C=O) groups is 3. The van der Waals surface area contributed by atoms with E-state index in [1.54, 1.807) is 4.90 Å². The molecule has 2 amide bonds. The van der Waals surface area contributed by atoms with Crippen molar-refractivity contribution in [1.29, 1.82) is 0 Å². The number of rotatable bonds is 6. The summed E-state index contributed by atoms with van der Waals surface area (Å²) in [6.45, 7) is 1.59. The molecular formula is C20H25N3O4. The summed E-state index contributed by atoms with van der Waals surface area (Å²) in [6, 6.07) is 9.58. The summed E-state index contributed by atoms with van der Waals surface area (Å²) in [7, 11) is 0. The number of amides is 2. The lowest BCUT2D eigenvalue weighted by Gasteiger charge is -2.34. The number of hydrogen-bond donors (Lipinski definition) is 1. The van der Waals surface area contributed by atoms with Gasteiger partial charge in [0.05, 0.1) is 6.54 Å². The first-order valence-electron chi connectivity index (χ1n) is 9.46. The number of aliphatic carboxylic acids is 1. The van der Waals surface area contributed by atoms with Gasteiger partial charge < -0.3 is 10.0 Å². The first kappa shape index (κ1) is 19.1. The second-order valence-corrected chi connectivity index (χ2v) is 7.18. The highest BCUT2D eigenvalue weighted by molar-refractivity contribution is 6.39. The minimum absolute atomic E-state index is 0.0756.